The van der Waals surface area contributed by atoms with Crippen molar-refractivity contribution in [3.05, 3.63) is 53.7 Å². The third kappa shape index (κ3) is 5.08. The Kier molecular flexibility index (Phi) is 5.96. The third-order valence-electron chi connectivity index (χ3n) is 3.86. The minimum atomic E-state index is -0.0722. The first-order chi connectivity index (χ1) is 11.4. The summed E-state index contributed by atoms with van der Waals surface area (Å²) in [6.07, 6.45) is 3.66. The van der Waals surface area contributed by atoms with Crippen molar-refractivity contribution in [3.63, 3.8) is 0 Å². The van der Waals surface area contributed by atoms with Crippen molar-refractivity contribution in [1.82, 2.24) is 10.3 Å². The maximum atomic E-state index is 11.9. The number of unbranched alkanes of at least 4 members (excludes halogenated alkanes) is 1. The number of nitrogens with one attached hydrogen (secondary N) is 2. The smallest absolute Gasteiger partial charge is 0.252 e. The highest BCUT2D eigenvalue weighted by Crippen LogP contribution is 2.24. The Morgan fingerprint density at radius 2 is 1.79 bits per heavy atom. The summed E-state index contributed by atoms with van der Waals surface area (Å²) in [5.41, 5.74) is 3.00. The molecule has 0 fully saturated rings. The van der Waals surface area contributed by atoms with Crippen molar-refractivity contribution in [1.29, 1.82) is 0 Å². The van der Waals surface area contributed by atoms with E-state index in [1.165, 1.54) is 5.56 Å². The Balaban J connectivity index is 1.97. The molecule has 2 N–H and O–H groups in total. The fourth-order valence-electron chi connectivity index (χ4n) is 2.28. The largest absolute Gasteiger partial charge is 0.352 e. The molecular formula is C20H27N3O. The average molecular weight is 325 g/mol. The lowest BCUT2D eigenvalue weighted by Gasteiger charge is -2.19. The van der Waals surface area contributed by atoms with Crippen LogP contribution in [0.4, 0.5) is 11.5 Å². The summed E-state index contributed by atoms with van der Waals surface area (Å²) in [7, 11) is 0. The first kappa shape index (κ1) is 18.0. The number of benzene rings is 1. The summed E-state index contributed by atoms with van der Waals surface area (Å²) in [4.78, 5) is 16.3. The van der Waals surface area contributed by atoms with E-state index in [2.05, 4.69) is 55.4 Å². The van der Waals surface area contributed by atoms with Gasteiger partial charge in [0.15, 0.2) is 0 Å². The molecule has 1 aromatic carbocycles. The summed E-state index contributed by atoms with van der Waals surface area (Å²) in [5.74, 6) is 0.653. The van der Waals surface area contributed by atoms with E-state index in [0.717, 1.165) is 24.3 Å². The zero-order chi connectivity index (χ0) is 17.6. The number of anilines is 2. The minimum Gasteiger partial charge on any atom is -0.352 e. The maximum absolute atomic E-state index is 11.9. The van der Waals surface area contributed by atoms with Gasteiger partial charge in [0.1, 0.15) is 5.82 Å². The SMILES string of the molecule is CCCCNC(=O)c1ccc(Nc2ccc(C(C)(C)C)cc2)nc1. The highest BCUT2D eigenvalue weighted by Gasteiger charge is 2.12. The first-order valence-electron chi connectivity index (χ1n) is 8.52. The molecule has 0 atom stereocenters. The molecule has 2 aromatic rings. The molecule has 0 radical (unpaired) electrons. The summed E-state index contributed by atoms with van der Waals surface area (Å²) in [5, 5.41) is 6.15. The quantitative estimate of drug-likeness (QED) is 0.760. The standard InChI is InChI=1S/C20H27N3O/c1-5-6-13-21-19(24)15-7-12-18(22-14-15)23-17-10-8-16(9-11-17)20(2,3)4/h7-12,14H,5-6,13H2,1-4H3,(H,21,24)(H,22,23). The molecule has 0 unspecified atom stereocenters. The number of nitrogens with zero attached hydrogens (tertiary/aromatic N) is 1. The summed E-state index contributed by atoms with van der Waals surface area (Å²) >= 11 is 0. The van der Waals surface area contributed by atoms with Gasteiger partial charge in [-0.05, 0) is 41.7 Å². The van der Waals surface area contributed by atoms with E-state index in [1.807, 2.05) is 18.2 Å². The molecule has 24 heavy (non-hydrogen) atoms. The van der Waals surface area contributed by atoms with Crippen LogP contribution < -0.4 is 10.6 Å². The van der Waals surface area contributed by atoms with Crippen molar-refractivity contribution in [2.75, 3.05) is 11.9 Å². The molecule has 0 saturated carbocycles. The van der Waals surface area contributed by atoms with E-state index in [-0.39, 0.29) is 11.3 Å². The molecule has 1 aromatic heterocycles. The van der Waals surface area contributed by atoms with Crippen LogP contribution in [0.15, 0.2) is 42.6 Å². The number of aromatic nitrogens is 1. The van der Waals surface area contributed by atoms with Crippen molar-refractivity contribution in [2.24, 2.45) is 0 Å². The maximum Gasteiger partial charge on any atom is 0.252 e. The number of hydrogen-bond acceptors (Lipinski definition) is 3. The summed E-state index contributed by atoms with van der Waals surface area (Å²) in [6, 6.07) is 12.0. The van der Waals surface area contributed by atoms with Gasteiger partial charge in [-0.2, -0.15) is 0 Å². The fraction of sp³-hybridized carbons (Fsp3) is 0.400. The zero-order valence-corrected chi connectivity index (χ0v) is 15.0. The lowest BCUT2D eigenvalue weighted by molar-refractivity contribution is 0.0953. The Morgan fingerprint density at radius 3 is 2.33 bits per heavy atom. The molecule has 4 nitrogen and oxygen atoms in total. The lowest BCUT2D eigenvalue weighted by Crippen LogP contribution is -2.24. The summed E-state index contributed by atoms with van der Waals surface area (Å²) in [6.45, 7) is 9.39. The van der Waals surface area contributed by atoms with Crippen LogP contribution in [-0.4, -0.2) is 17.4 Å². The van der Waals surface area contributed by atoms with E-state index in [4.69, 9.17) is 0 Å². The number of pyridine rings is 1. The van der Waals surface area contributed by atoms with Crippen LogP contribution in [0.2, 0.25) is 0 Å². The van der Waals surface area contributed by atoms with Crippen LogP contribution in [0, 0.1) is 0 Å². The second-order valence-corrected chi connectivity index (χ2v) is 6.99. The normalized spacial score (nSPS) is 11.2. The predicted molar refractivity (Wildman–Crippen MR) is 99.9 cm³/mol. The molecule has 0 aliphatic heterocycles. The first-order valence-corrected chi connectivity index (χ1v) is 8.52. The van der Waals surface area contributed by atoms with Crippen LogP contribution >= 0.6 is 0 Å². The molecule has 0 saturated heterocycles. The number of rotatable bonds is 6. The predicted octanol–water partition coefficient (Wildman–Crippen LogP) is 4.65. The van der Waals surface area contributed by atoms with Gasteiger partial charge in [-0.15, -0.1) is 0 Å². The minimum absolute atomic E-state index is 0.0722. The number of hydrogen-bond donors (Lipinski definition) is 2. The molecule has 4 heteroatoms. The number of amides is 1. The second-order valence-electron chi connectivity index (χ2n) is 6.99. The molecule has 2 rings (SSSR count). The van der Waals surface area contributed by atoms with E-state index in [0.29, 0.717) is 12.1 Å². The van der Waals surface area contributed by atoms with Crippen molar-refractivity contribution in [2.45, 2.75) is 46.0 Å². The molecule has 1 heterocycles. The third-order valence-corrected chi connectivity index (χ3v) is 3.86. The van der Waals surface area contributed by atoms with Crippen molar-refractivity contribution >= 4 is 17.4 Å². The molecule has 0 aliphatic carbocycles. The molecule has 0 aliphatic rings. The van der Waals surface area contributed by atoms with Gasteiger partial charge in [0.25, 0.3) is 5.91 Å². The molecule has 0 bridgehead atoms. The summed E-state index contributed by atoms with van der Waals surface area (Å²) < 4.78 is 0. The molecule has 128 valence electrons. The van der Waals surface area contributed by atoms with Gasteiger partial charge in [0, 0.05) is 18.4 Å². The van der Waals surface area contributed by atoms with Gasteiger partial charge in [0.2, 0.25) is 0 Å². The fourth-order valence-corrected chi connectivity index (χ4v) is 2.28. The average Bonchev–Trinajstić information content (AvgIpc) is 2.55. The topological polar surface area (TPSA) is 54.0 Å². The number of carbonyl (C=O) groups excluding carboxylic acids is 1. The number of carbonyl (C=O) groups is 1. The van der Waals surface area contributed by atoms with Crippen LogP contribution in [0.25, 0.3) is 0 Å². The van der Waals surface area contributed by atoms with Gasteiger partial charge in [-0.3, -0.25) is 4.79 Å². The Bertz CT molecular complexity index is 655. The van der Waals surface area contributed by atoms with E-state index < -0.39 is 0 Å². The van der Waals surface area contributed by atoms with Gasteiger partial charge in [-0.1, -0.05) is 46.2 Å². The van der Waals surface area contributed by atoms with Gasteiger partial charge in [0.05, 0.1) is 5.56 Å². The highest BCUT2D eigenvalue weighted by molar-refractivity contribution is 5.94. The van der Waals surface area contributed by atoms with E-state index in [1.54, 1.807) is 12.3 Å². The molecule has 0 spiro atoms. The Hall–Kier alpha value is -2.36. The Labute approximate surface area is 144 Å². The van der Waals surface area contributed by atoms with E-state index in [9.17, 15) is 4.79 Å². The van der Waals surface area contributed by atoms with Crippen molar-refractivity contribution in [3.8, 4) is 0 Å². The lowest BCUT2D eigenvalue weighted by atomic mass is 9.87. The zero-order valence-electron chi connectivity index (χ0n) is 15.0. The van der Waals surface area contributed by atoms with Gasteiger partial charge < -0.3 is 10.6 Å². The van der Waals surface area contributed by atoms with Crippen molar-refractivity contribution < 1.29 is 4.79 Å². The van der Waals surface area contributed by atoms with Crippen LogP contribution in [0.5, 0.6) is 0 Å². The van der Waals surface area contributed by atoms with E-state index >= 15 is 0 Å². The van der Waals surface area contributed by atoms with Crippen LogP contribution in [-0.2, 0) is 5.41 Å². The second kappa shape index (κ2) is 7.95. The monoisotopic (exact) mass is 325 g/mol. The van der Waals surface area contributed by atoms with Gasteiger partial charge in [-0.25, -0.2) is 4.98 Å². The van der Waals surface area contributed by atoms with Gasteiger partial charge >= 0.3 is 0 Å². The highest BCUT2D eigenvalue weighted by atomic mass is 16.1. The Morgan fingerprint density at radius 1 is 1.08 bits per heavy atom. The van der Waals surface area contributed by atoms with Crippen LogP contribution in [0.3, 0.4) is 0 Å². The molecule has 1 amide bonds. The molecular weight excluding hydrogens is 298 g/mol. The van der Waals surface area contributed by atoms with Crippen LogP contribution in [0.1, 0.15) is 56.5 Å².